The summed E-state index contributed by atoms with van der Waals surface area (Å²) in [6.07, 6.45) is 3.92. The highest BCUT2D eigenvalue weighted by Gasteiger charge is 2.32. The number of hydrogen-bond donors (Lipinski definition) is 0. The lowest BCUT2D eigenvalue weighted by atomic mass is 9.99. The first-order valence-corrected chi connectivity index (χ1v) is 10.4. The maximum absolute atomic E-state index is 13.8. The van der Waals surface area contributed by atoms with Crippen molar-refractivity contribution in [2.24, 2.45) is 0 Å². The Balaban J connectivity index is 0.000000426. The average molecular weight is 417 g/mol. The van der Waals surface area contributed by atoms with Crippen molar-refractivity contribution in [1.29, 1.82) is 0 Å². The maximum atomic E-state index is 13.8. The molecular formula is C25H34F2N2O. The summed E-state index contributed by atoms with van der Waals surface area (Å²) in [4.78, 5) is 16.3. The van der Waals surface area contributed by atoms with Crippen molar-refractivity contribution >= 4 is 11.6 Å². The zero-order chi connectivity index (χ0) is 22.7. The molecule has 1 aliphatic heterocycles. The summed E-state index contributed by atoms with van der Waals surface area (Å²) in [5, 5.41) is 0. The summed E-state index contributed by atoms with van der Waals surface area (Å²) in [7, 11) is 4.17. The van der Waals surface area contributed by atoms with Crippen molar-refractivity contribution in [1.82, 2.24) is 4.90 Å². The number of hydrogen-bond acceptors (Lipinski definition) is 2. The minimum atomic E-state index is -0.822. The van der Waals surface area contributed by atoms with Crippen LogP contribution in [-0.2, 0) is 0 Å². The molecule has 0 fully saturated rings. The molecule has 3 nitrogen and oxygen atoms in total. The molecule has 1 amide bonds. The van der Waals surface area contributed by atoms with Gasteiger partial charge in [0.25, 0.3) is 5.91 Å². The number of anilines is 1. The van der Waals surface area contributed by atoms with Gasteiger partial charge in [0.15, 0.2) is 0 Å². The largest absolute Gasteiger partial charge is 0.309 e. The Morgan fingerprint density at radius 2 is 1.83 bits per heavy atom. The van der Waals surface area contributed by atoms with Gasteiger partial charge in [0.05, 0.1) is 5.56 Å². The predicted molar refractivity (Wildman–Crippen MR) is 122 cm³/mol. The second-order valence-corrected chi connectivity index (χ2v) is 7.42. The standard InChI is InChI=1S/C17H15F2NO.C5H13N.C3H6/c1-2-11-10-20(16-6-4-3-5-13(11)16)17(21)14-8-7-12(18)9-15(14)19;1-4-5-6(2)3;1-3-2/h3-9,11H,2,10H2,1H3;4-5H2,1-3H3;3H,1H2,2H3. The van der Waals surface area contributed by atoms with Crippen LogP contribution in [0.5, 0.6) is 0 Å². The van der Waals surface area contributed by atoms with Crippen LogP contribution in [0.3, 0.4) is 0 Å². The van der Waals surface area contributed by atoms with Gasteiger partial charge < -0.3 is 9.80 Å². The SMILES string of the molecule is C=CC.CCC1CN(C(=O)c2ccc(F)cc2F)c2ccccc21.CCCN(C)C. The molecule has 0 saturated heterocycles. The van der Waals surface area contributed by atoms with E-state index in [-0.39, 0.29) is 11.5 Å². The van der Waals surface area contributed by atoms with Crippen LogP contribution in [0.2, 0.25) is 0 Å². The number of amides is 1. The maximum Gasteiger partial charge on any atom is 0.261 e. The highest BCUT2D eigenvalue weighted by atomic mass is 19.1. The lowest BCUT2D eigenvalue weighted by Gasteiger charge is -2.18. The number of fused-ring (bicyclic) bond motifs is 1. The fraction of sp³-hybridized carbons (Fsp3) is 0.400. The number of nitrogens with zero attached hydrogens (tertiary/aromatic N) is 2. The summed E-state index contributed by atoms with van der Waals surface area (Å²) in [6, 6.07) is 10.7. The van der Waals surface area contributed by atoms with E-state index in [4.69, 9.17) is 0 Å². The Labute approximate surface area is 180 Å². The highest BCUT2D eigenvalue weighted by Crippen LogP contribution is 2.38. The van der Waals surface area contributed by atoms with Gasteiger partial charge in [-0.25, -0.2) is 8.78 Å². The van der Waals surface area contributed by atoms with Gasteiger partial charge in [0.2, 0.25) is 0 Å². The van der Waals surface area contributed by atoms with Gasteiger partial charge in [0.1, 0.15) is 11.6 Å². The Kier molecular flexibility index (Phi) is 11.0. The van der Waals surface area contributed by atoms with E-state index in [1.807, 2.05) is 31.2 Å². The quantitative estimate of drug-likeness (QED) is 0.549. The number of para-hydroxylation sites is 1. The Morgan fingerprint density at radius 3 is 2.33 bits per heavy atom. The monoisotopic (exact) mass is 416 g/mol. The van der Waals surface area contributed by atoms with Gasteiger partial charge in [0, 0.05) is 24.2 Å². The molecule has 1 unspecified atom stereocenters. The molecule has 0 saturated carbocycles. The molecule has 30 heavy (non-hydrogen) atoms. The molecular weight excluding hydrogens is 382 g/mol. The Bertz CT molecular complexity index is 821. The molecule has 0 spiro atoms. The van der Waals surface area contributed by atoms with Crippen molar-refractivity contribution in [3.8, 4) is 0 Å². The third-order valence-corrected chi connectivity index (χ3v) is 4.64. The third-order valence-electron chi connectivity index (χ3n) is 4.64. The molecule has 1 heterocycles. The molecule has 0 bridgehead atoms. The first-order chi connectivity index (χ1) is 14.3. The van der Waals surface area contributed by atoms with Crippen LogP contribution in [0.15, 0.2) is 55.1 Å². The van der Waals surface area contributed by atoms with E-state index >= 15 is 0 Å². The second kappa shape index (κ2) is 12.9. The molecule has 1 atom stereocenters. The number of allylic oxidation sites excluding steroid dienone is 1. The minimum Gasteiger partial charge on any atom is -0.309 e. The number of carbonyl (C=O) groups is 1. The van der Waals surface area contributed by atoms with Crippen LogP contribution in [0.1, 0.15) is 55.5 Å². The third kappa shape index (κ3) is 7.06. The van der Waals surface area contributed by atoms with Gasteiger partial charge in [-0.05, 0) is 64.2 Å². The van der Waals surface area contributed by atoms with Crippen molar-refractivity contribution in [2.45, 2.75) is 39.5 Å². The van der Waals surface area contributed by atoms with E-state index in [1.54, 1.807) is 11.0 Å². The van der Waals surface area contributed by atoms with Crippen LogP contribution >= 0.6 is 0 Å². The Morgan fingerprint density at radius 1 is 1.20 bits per heavy atom. The van der Waals surface area contributed by atoms with Crippen molar-refractivity contribution in [3.63, 3.8) is 0 Å². The molecule has 2 aromatic rings. The topological polar surface area (TPSA) is 23.6 Å². The first kappa shape index (κ1) is 25.5. The van der Waals surface area contributed by atoms with Gasteiger partial charge in [-0.3, -0.25) is 4.79 Å². The van der Waals surface area contributed by atoms with E-state index < -0.39 is 17.5 Å². The fourth-order valence-corrected chi connectivity index (χ4v) is 3.29. The van der Waals surface area contributed by atoms with Crippen LogP contribution in [0.4, 0.5) is 14.5 Å². The molecule has 0 aliphatic carbocycles. The summed E-state index contributed by atoms with van der Waals surface area (Å²) in [6.45, 7) is 11.2. The molecule has 1 aliphatic rings. The second-order valence-electron chi connectivity index (χ2n) is 7.42. The van der Waals surface area contributed by atoms with Crippen LogP contribution in [0, 0.1) is 11.6 Å². The van der Waals surface area contributed by atoms with Crippen molar-refractivity contribution < 1.29 is 13.6 Å². The zero-order valence-corrected chi connectivity index (χ0v) is 18.8. The smallest absolute Gasteiger partial charge is 0.261 e. The predicted octanol–water partition coefficient (Wildman–Crippen LogP) is 6.27. The summed E-state index contributed by atoms with van der Waals surface area (Å²) < 4.78 is 26.8. The van der Waals surface area contributed by atoms with Gasteiger partial charge in [-0.15, -0.1) is 6.58 Å². The minimum absolute atomic E-state index is 0.0945. The number of rotatable bonds is 4. The fourth-order valence-electron chi connectivity index (χ4n) is 3.29. The zero-order valence-electron chi connectivity index (χ0n) is 18.8. The molecule has 2 aromatic carbocycles. The number of carbonyl (C=O) groups excluding carboxylic acids is 1. The molecule has 0 N–H and O–H groups in total. The highest BCUT2D eigenvalue weighted by molar-refractivity contribution is 6.07. The van der Waals surface area contributed by atoms with Gasteiger partial charge in [-0.1, -0.05) is 38.1 Å². The van der Waals surface area contributed by atoms with Gasteiger partial charge >= 0.3 is 0 Å². The Hall–Kier alpha value is -2.53. The van der Waals surface area contributed by atoms with Crippen molar-refractivity contribution in [2.75, 3.05) is 32.1 Å². The molecule has 0 radical (unpaired) electrons. The molecule has 3 rings (SSSR count). The lowest BCUT2D eigenvalue weighted by molar-refractivity contribution is 0.0984. The lowest BCUT2D eigenvalue weighted by Crippen LogP contribution is -2.30. The van der Waals surface area contributed by atoms with E-state index in [0.29, 0.717) is 6.54 Å². The first-order valence-electron chi connectivity index (χ1n) is 10.4. The van der Waals surface area contributed by atoms with Crippen molar-refractivity contribution in [3.05, 3.63) is 77.9 Å². The normalized spacial score (nSPS) is 14.3. The van der Waals surface area contributed by atoms with E-state index in [9.17, 15) is 13.6 Å². The van der Waals surface area contributed by atoms with Crippen LogP contribution < -0.4 is 4.90 Å². The van der Waals surface area contributed by atoms with Crippen LogP contribution in [-0.4, -0.2) is 38.0 Å². The molecule has 164 valence electrons. The number of benzene rings is 2. The average Bonchev–Trinajstić information content (AvgIpc) is 3.07. The molecule has 5 heteroatoms. The van der Waals surface area contributed by atoms with E-state index in [2.05, 4.69) is 39.4 Å². The summed E-state index contributed by atoms with van der Waals surface area (Å²) in [5.74, 6) is -1.67. The molecule has 0 aromatic heterocycles. The van der Waals surface area contributed by atoms with E-state index in [1.165, 1.54) is 19.0 Å². The summed E-state index contributed by atoms with van der Waals surface area (Å²) >= 11 is 0. The van der Waals surface area contributed by atoms with Crippen LogP contribution in [0.25, 0.3) is 0 Å². The number of halogens is 2. The summed E-state index contributed by atoms with van der Waals surface area (Å²) in [5.41, 5.74) is 1.83. The van der Waals surface area contributed by atoms with E-state index in [0.717, 1.165) is 29.8 Å². The van der Waals surface area contributed by atoms with Gasteiger partial charge in [-0.2, -0.15) is 0 Å².